The van der Waals surface area contributed by atoms with Crippen LogP contribution < -0.4 is 0 Å². The van der Waals surface area contributed by atoms with E-state index in [-0.39, 0.29) is 11.6 Å². The summed E-state index contributed by atoms with van der Waals surface area (Å²) in [6, 6.07) is 30.2. The second-order valence-corrected chi connectivity index (χ2v) is 11.2. The number of benzene rings is 3. The van der Waals surface area contributed by atoms with E-state index in [1.807, 2.05) is 12.2 Å². The molecule has 0 bridgehead atoms. The van der Waals surface area contributed by atoms with Crippen LogP contribution >= 0.6 is 0 Å². The van der Waals surface area contributed by atoms with Gasteiger partial charge in [-0.3, -0.25) is 0 Å². The summed E-state index contributed by atoms with van der Waals surface area (Å²) in [4.78, 5) is 0. The first-order valence-corrected chi connectivity index (χ1v) is 13.5. The Morgan fingerprint density at radius 2 is 1.43 bits per heavy atom. The van der Waals surface area contributed by atoms with Crippen LogP contribution in [0.4, 0.5) is 0 Å². The summed E-state index contributed by atoms with van der Waals surface area (Å²) in [5.74, 6) is 0.306. The standard InChI is InChI=1S/C32H38O2Si/c1-32(2,31(29-21-7-3-8-22-29)30-23-9-4-10-24-30)35-34-26-16-6-12-18-28-20-14-13-19-27(28)17-11-5-15-25-33/h3-5,7-11,13-15,17,19-24,31,33H,6,12,16,18,25-26H2,1-2H3/b15-5+,17-11+. The van der Waals surface area contributed by atoms with Gasteiger partial charge in [0.05, 0.1) is 6.61 Å². The van der Waals surface area contributed by atoms with E-state index in [2.05, 4.69) is 105 Å². The molecule has 1 N–H and O–H groups in total. The predicted octanol–water partition coefficient (Wildman–Crippen LogP) is 7.63. The van der Waals surface area contributed by atoms with Crippen LogP contribution in [0.2, 0.25) is 5.04 Å². The van der Waals surface area contributed by atoms with E-state index in [0.29, 0.717) is 15.7 Å². The quantitative estimate of drug-likeness (QED) is 0.145. The molecule has 35 heavy (non-hydrogen) atoms. The molecule has 3 aromatic rings. The first-order valence-electron chi connectivity index (χ1n) is 12.6. The van der Waals surface area contributed by atoms with Crippen LogP contribution in [0, 0.1) is 0 Å². The van der Waals surface area contributed by atoms with Gasteiger partial charge in [0.1, 0.15) is 0 Å². The molecule has 3 heteroatoms. The molecule has 0 aliphatic carbocycles. The summed E-state index contributed by atoms with van der Waals surface area (Å²) in [6.45, 7) is 5.54. The maximum atomic E-state index is 8.87. The highest BCUT2D eigenvalue weighted by Gasteiger charge is 2.33. The molecular weight excluding hydrogens is 444 g/mol. The van der Waals surface area contributed by atoms with Gasteiger partial charge in [0.15, 0.2) is 0 Å². The number of unbranched alkanes of at least 4 members (excludes halogenated alkanes) is 2. The number of aliphatic hydroxyl groups is 1. The third kappa shape index (κ3) is 8.77. The molecule has 0 aromatic heterocycles. The summed E-state index contributed by atoms with van der Waals surface area (Å²) in [5.41, 5.74) is 5.32. The number of hydrogen-bond acceptors (Lipinski definition) is 2. The van der Waals surface area contributed by atoms with E-state index < -0.39 is 0 Å². The van der Waals surface area contributed by atoms with Crippen molar-refractivity contribution in [2.75, 3.05) is 13.2 Å². The minimum Gasteiger partial charge on any atom is -0.417 e. The normalized spacial score (nSPS) is 12.2. The number of rotatable bonds is 14. The second kappa shape index (κ2) is 14.6. The van der Waals surface area contributed by atoms with Crippen molar-refractivity contribution < 1.29 is 9.53 Å². The van der Waals surface area contributed by atoms with Gasteiger partial charge < -0.3 is 9.53 Å². The fourth-order valence-corrected chi connectivity index (χ4v) is 5.57. The Morgan fingerprint density at radius 1 is 0.800 bits per heavy atom. The highest BCUT2D eigenvalue weighted by Crippen LogP contribution is 2.45. The van der Waals surface area contributed by atoms with Gasteiger partial charge in [-0.2, -0.15) is 0 Å². The zero-order valence-electron chi connectivity index (χ0n) is 21.1. The molecule has 0 unspecified atom stereocenters. The van der Waals surface area contributed by atoms with E-state index in [9.17, 15) is 0 Å². The van der Waals surface area contributed by atoms with Gasteiger partial charge in [0.2, 0.25) is 9.76 Å². The molecule has 3 aromatic carbocycles. The number of aliphatic hydroxyl groups excluding tert-OH is 1. The molecule has 2 radical (unpaired) electrons. The lowest BCUT2D eigenvalue weighted by atomic mass is 9.82. The fourth-order valence-electron chi connectivity index (χ4n) is 4.50. The zero-order chi connectivity index (χ0) is 24.8. The number of hydrogen-bond donors (Lipinski definition) is 1. The fraction of sp³-hybridized carbons (Fsp3) is 0.312. The summed E-state index contributed by atoms with van der Waals surface area (Å²) < 4.78 is 6.26. The van der Waals surface area contributed by atoms with Crippen molar-refractivity contribution in [1.82, 2.24) is 0 Å². The Bertz CT molecular complexity index is 1000. The molecule has 0 amide bonds. The van der Waals surface area contributed by atoms with Crippen LogP contribution in [0.5, 0.6) is 0 Å². The Kier molecular flexibility index (Phi) is 11.2. The summed E-state index contributed by atoms with van der Waals surface area (Å²) in [6.07, 6.45) is 12.2. The molecule has 182 valence electrons. The molecule has 0 aliphatic heterocycles. The summed E-state index contributed by atoms with van der Waals surface area (Å²) in [5, 5.41) is 8.88. The summed E-state index contributed by atoms with van der Waals surface area (Å²) >= 11 is 0. The SMILES string of the molecule is CC(C)([Si]OCCCCCc1ccccc1/C=C/C=C/CO)C(c1ccccc1)c1ccccc1. The number of allylic oxidation sites excluding steroid dienone is 2. The maximum absolute atomic E-state index is 8.87. The van der Waals surface area contributed by atoms with Gasteiger partial charge in [0, 0.05) is 12.5 Å². The molecule has 3 rings (SSSR count). The third-order valence-electron chi connectivity index (χ3n) is 6.20. The minimum absolute atomic E-state index is 0.0124. The molecular formula is C32H38O2Si. The van der Waals surface area contributed by atoms with E-state index in [4.69, 9.17) is 9.53 Å². The third-order valence-corrected chi connectivity index (χ3v) is 7.36. The minimum atomic E-state index is 0.0124. The Balaban J connectivity index is 1.47. The van der Waals surface area contributed by atoms with Crippen molar-refractivity contribution >= 4 is 15.8 Å². The molecule has 0 spiro atoms. The van der Waals surface area contributed by atoms with Crippen molar-refractivity contribution in [2.45, 2.75) is 50.5 Å². The average Bonchev–Trinajstić information content (AvgIpc) is 2.88. The van der Waals surface area contributed by atoms with Crippen molar-refractivity contribution in [3.8, 4) is 0 Å². The van der Waals surface area contributed by atoms with Crippen LogP contribution in [0.1, 0.15) is 61.3 Å². The highest BCUT2D eigenvalue weighted by molar-refractivity contribution is 6.32. The summed E-state index contributed by atoms with van der Waals surface area (Å²) in [7, 11) is 0.439. The molecule has 0 atom stereocenters. The first kappa shape index (κ1) is 26.9. The Morgan fingerprint density at radius 3 is 2.09 bits per heavy atom. The monoisotopic (exact) mass is 482 g/mol. The van der Waals surface area contributed by atoms with Crippen LogP contribution in [0.15, 0.2) is 103 Å². The molecule has 0 saturated heterocycles. The van der Waals surface area contributed by atoms with Crippen LogP contribution in [-0.2, 0) is 10.8 Å². The number of aryl methyl sites for hydroxylation is 1. The molecule has 0 saturated carbocycles. The largest absolute Gasteiger partial charge is 0.417 e. The van der Waals surface area contributed by atoms with Crippen LogP contribution in [0.3, 0.4) is 0 Å². The van der Waals surface area contributed by atoms with Gasteiger partial charge in [-0.25, -0.2) is 0 Å². The first-order chi connectivity index (χ1) is 17.1. The van der Waals surface area contributed by atoms with Gasteiger partial charge in [-0.15, -0.1) is 0 Å². The smallest absolute Gasteiger partial charge is 0.236 e. The zero-order valence-corrected chi connectivity index (χ0v) is 22.1. The Hall–Kier alpha value is -2.72. The second-order valence-electron chi connectivity index (χ2n) is 9.41. The van der Waals surface area contributed by atoms with Gasteiger partial charge >= 0.3 is 0 Å². The van der Waals surface area contributed by atoms with Gasteiger partial charge in [-0.1, -0.05) is 130 Å². The van der Waals surface area contributed by atoms with Gasteiger partial charge in [-0.05, 0) is 46.6 Å². The van der Waals surface area contributed by atoms with Crippen molar-refractivity contribution in [1.29, 1.82) is 0 Å². The lowest BCUT2D eigenvalue weighted by Crippen LogP contribution is -2.25. The van der Waals surface area contributed by atoms with Crippen LogP contribution in [-0.4, -0.2) is 28.1 Å². The molecule has 2 nitrogen and oxygen atoms in total. The van der Waals surface area contributed by atoms with E-state index in [0.717, 1.165) is 32.3 Å². The highest BCUT2D eigenvalue weighted by atomic mass is 28.2. The van der Waals surface area contributed by atoms with Crippen molar-refractivity contribution in [2.24, 2.45) is 0 Å². The van der Waals surface area contributed by atoms with Crippen LogP contribution in [0.25, 0.3) is 6.08 Å². The maximum Gasteiger partial charge on any atom is 0.236 e. The van der Waals surface area contributed by atoms with Crippen molar-refractivity contribution in [3.05, 3.63) is 125 Å². The molecule has 0 aliphatic rings. The molecule has 0 heterocycles. The molecule has 0 fully saturated rings. The van der Waals surface area contributed by atoms with E-state index in [1.54, 1.807) is 6.08 Å². The van der Waals surface area contributed by atoms with E-state index >= 15 is 0 Å². The van der Waals surface area contributed by atoms with Gasteiger partial charge in [0.25, 0.3) is 0 Å². The lowest BCUT2D eigenvalue weighted by molar-refractivity contribution is 0.301. The lowest BCUT2D eigenvalue weighted by Gasteiger charge is -2.34. The van der Waals surface area contributed by atoms with Crippen molar-refractivity contribution in [3.63, 3.8) is 0 Å². The topological polar surface area (TPSA) is 29.5 Å². The Labute approximate surface area is 214 Å². The van der Waals surface area contributed by atoms with E-state index in [1.165, 1.54) is 22.3 Å². The predicted molar refractivity (Wildman–Crippen MR) is 150 cm³/mol. The average molecular weight is 483 g/mol.